The van der Waals surface area contributed by atoms with Crippen LogP contribution < -0.4 is 0 Å². The number of rotatable bonds is 4. The molecule has 0 fully saturated rings. The van der Waals surface area contributed by atoms with E-state index in [9.17, 15) is 8.42 Å². The zero-order chi connectivity index (χ0) is 22.0. The molecule has 32 heavy (non-hydrogen) atoms. The van der Waals surface area contributed by atoms with Crippen molar-refractivity contribution in [1.82, 2.24) is 14.3 Å². The first-order valence-electron chi connectivity index (χ1n) is 10.5. The summed E-state index contributed by atoms with van der Waals surface area (Å²) in [5.41, 5.74) is 3.15. The topological polar surface area (TPSA) is 72.4 Å². The molecule has 0 amide bonds. The highest BCUT2D eigenvalue weighted by molar-refractivity contribution is 7.89. The molecule has 2 aromatic heterocycles. The Labute approximate surface area is 187 Å². The zero-order valence-electron chi connectivity index (χ0n) is 17.5. The minimum absolute atomic E-state index is 0.208. The molecule has 0 N–H and O–H groups in total. The number of hydrogen-bond donors (Lipinski definition) is 0. The van der Waals surface area contributed by atoms with Gasteiger partial charge in [0.1, 0.15) is 4.90 Å². The third-order valence-corrected chi connectivity index (χ3v) is 7.69. The lowest BCUT2D eigenvalue weighted by Crippen LogP contribution is -2.45. The van der Waals surface area contributed by atoms with Crippen molar-refractivity contribution in [3.63, 3.8) is 0 Å². The van der Waals surface area contributed by atoms with Crippen molar-refractivity contribution in [1.29, 1.82) is 0 Å². The van der Waals surface area contributed by atoms with Gasteiger partial charge in [0.2, 0.25) is 10.0 Å². The van der Waals surface area contributed by atoms with Gasteiger partial charge in [0, 0.05) is 24.3 Å². The van der Waals surface area contributed by atoms with Gasteiger partial charge < -0.3 is 4.74 Å². The Bertz CT molecular complexity index is 1340. The number of pyridine rings is 2. The minimum atomic E-state index is -3.88. The molecular formula is C25H23N3O3S. The van der Waals surface area contributed by atoms with Gasteiger partial charge >= 0.3 is 0 Å². The first-order chi connectivity index (χ1) is 15.6. The molecule has 0 unspecified atom stereocenters. The van der Waals surface area contributed by atoms with Gasteiger partial charge in [-0.05, 0) is 35.7 Å². The summed E-state index contributed by atoms with van der Waals surface area (Å²) in [4.78, 5) is 9.01. The normalized spacial score (nSPS) is 17.4. The van der Waals surface area contributed by atoms with Crippen LogP contribution in [0.15, 0.2) is 90.1 Å². The number of nitrogens with zero attached hydrogens (tertiary/aromatic N) is 3. The van der Waals surface area contributed by atoms with Crippen molar-refractivity contribution < 1.29 is 13.2 Å². The summed E-state index contributed by atoms with van der Waals surface area (Å²) in [6.07, 6.45) is 3.88. The van der Waals surface area contributed by atoms with Gasteiger partial charge in [-0.25, -0.2) is 8.42 Å². The van der Waals surface area contributed by atoms with Crippen LogP contribution in [0.25, 0.3) is 10.9 Å². The molecule has 7 heteroatoms. The first kappa shape index (κ1) is 20.8. The van der Waals surface area contributed by atoms with E-state index in [1.54, 1.807) is 28.8 Å². The Hall–Kier alpha value is -3.13. The number of fused-ring (bicyclic) bond motifs is 2. The fourth-order valence-corrected chi connectivity index (χ4v) is 5.91. The van der Waals surface area contributed by atoms with E-state index < -0.39 is 10.0 Å². The third-order valence-electron chi connectivity index (χ3n) is 5.76. The van der Waals surface area contributed by atoms with Crippen molar-refractivity contribution in [2.45, 2.75) is 30.5 Å². The van der Waals surface area contributed by atoms with E-state index in [-0.39, 0.29) is 24.1 Å². The average Bonchev–Trinajstić information content (AvgIpc) is 2.81. The number of para-hydroxylation sites is 1. The van der Waals surface area contributed by atoms with Crippen LogP contribution in [-0.4, -0.2) is 35.3 Å². The van der Waals surface area contributed by atoms with Crippen molar-refractivity contribution in [2.75, 3.05) is 6.61 Å². The van der Waals surface area contributed by atoms with Crippen LogP contribution in [-0.2, 0) is 34.3 Å². The van der Waals surface area contributed by atoms with Gasteiger partial charge in [-0.3, -0.25) is 9.97 Å². The number of ether oxygens (including phenoxy) is 1. The molecule has 0 bridgehead atoms. The average molecular weight is 446 g/mol. The third kappa shape index (κ3) is 4.02. The Morgan fingerprint density at radius 3 is 2.56 bits per heavy atom. The molecule has 1 atom stereocenters. The van der Waals surface area contributed by atoms with Gasteiger partial charge in [0.25, 0.3) is 0 Å². The van der Waals surface area contributed by atoms with E-state index in [1.807, 2.05) is 60.7 Å². The van der Waals surface area contributed by atoms with Crippen molar-refractivity contribution >= 4 is 20.9 Å². The fraction of sp³-hybridized carbons (Fsp3) is 0.200. The van der Waals surface area contributed by atoms with Crippen LogP contribution >= 0.6 is 0 Å². The fourth-order valence-electron chi connectivity index (χ4n) is 4.16. The van der Waals surface area contributed by atoms with E-state index in [4.69, 9.17) is 4.74 Å². The molecule has 0 saturated heterocycles. The van der Waals surface area contributed by atoms with Crippen LogP contribution in [0.1, 0.15) is 16.8 Å². The van der Waals surface area contributed by atoms with Crippen molar-refractivity contribution in [3.8, 4) is 0 Å². The Balaban J connectivity index is 1.63. The van der Waals surface area contributed by atoms with E-state index in [1.165, 1.54) is 0 Å². The monoisotopic (exact) mass is 445 g/mol. The summed E-state index contributed by atoms with van der Waals surface area (Å²) in [5.74, 6) is 0. The molecule has 1 aliphatic rings. The van der Waals surface area contributed by atoms with Gasteiger partial charge in [-0.15, -0.1) is 0 Å². The smallest absolute Gasteiger partial charge is 0.245 e. The van der Waals surface area contributed by atoms with Crippen LogP contribution in [0, 0.1) is 0 Å². The highest BCUT2D eigenvalue weighted by Gasteiger charge is 2.35. The molecule has 5 rings (SSSR count). The molecule has 1 aliphatic heterocycles. The summed E-state index contributed by atoms with van der Waals surface area (Å²) in [5, 5.41) is 0.790. The molecule has 3 heterocycles. The lowest BCUT2D eigenvalue weighted by Gasteiger charge is -2.33. The van der Waals surface area contributed by atoms with Crippen LogP contribution in [0.5, 0.6) is 0 Å². The van der Waals surface area contributed by atoms with Gasteiger partial charge in [0.05, 0.1) is 30.5 Å². The Morgan fingerprint density at radius 2 is 1.69 bits per heavy atom. The summed E-state index contributed by atoms with van der Waals surface area (Å²) < 4.78 is 35.7. The van der Waals surface area contributed by atoms with Crippen LogP contribution in [0.3, 0.4) is 0 Å². The van der Waals surface area contributed by atoms with Crippen LogP contribution in [0.2, 0.25) is 0 Å². The van der Waals surface area contributed by atoms with Crippen LogP contribution in [0.4, 0.5) is 0 Å². The molecule has 162 valence electrons. The summed E-state index contributed by atoms with van der Waals surface area (Å²) >= 11 is 0. The van der Waals surface area contributed by atoms with Gasteiger partial charge in [0.15, 0.2) is 0 Å². The Morgan fingerprint density at radius 1 is 0.906 bits per heavy atom. The molecule has 0 saturated carbocycles. The molecule has 0 aliphatic carbocycles. The maximum Gasteiger partial charge on any atom is 0.245 e. The van der Waals surface area contributed by atoms with Crippen molar-refractivity contribution in [3.05, 3.63) is 102 Å². The second-order valence-electron chi connectivity index (χ2n) is 7.85. The second-order valence-corrected chi connectivity index (χ2v) is 9.71. The minimum Gasteiger partial charge on any atom is -0.373 e. The van der Waals surface area contributed by atoms with Gasteiger partial charge in [-0.1, -0.05) is 54.6 Å². The zero-order valence-corrected chi connectivity index (χ0v) is 18.3. The van der Waals surface area contributed by atoms with E-state index in [0.29, 0.717) is 18.5 Å². The predicted molar refractivity (Wildman–Crippen MR) is 122 cm³/mol. The maximum atomic E-state index is 14.1. The molecule has 0 radical (unpaired) electrons. The largest absolute Gasteiger partial charge is 0.373 e. The molecule has 6 nitrogen and oxygen atoms in total. The highest BCUT2D eigenvalue weighted by Crippen LogP contribution is 2.29. The molecule has 0 spiro atoms. The lowest BCUT2D eigenvalue weighted by atomic mass is 10.1. The maximum absolute atomic E-state index is 14.1. The standard InChI is InChI=1S/C25H23N3O3S/c29-32(30,24-12-4-9-20-10-5-14-27-25(20)24)28-16-21-11-6-13-26-23(21)18-31-17-22(28)15-19-7-2-1-3-8-19/h1-14,22H,15-18H2/t22-/m0/s1. The van der Waals surface area contributed by atoms with E-state index >= 15 is 0 Å². The van der Waals surface area contributed by atoms with Gasteiger partial charge in [-0.2, -0.15) is 4.31 Å². The summed E-state index contributed by atoms with van der Waals surface area (Å²) in [7, 11) is -3.88. The summed E-state index contributed by atoms with van der Waals surface area (Å²) in [6.45, 7) is 0.878. The number of sulfonamides is 1. The molecule has 2 aromatic carbocycles. The SMILES string of the molecule is O=S(=O)(c1cccc2cccnc12)N1Cc2cccnc2COC[C@@H]1Cc1ccccc1. The van der Waals surface area contributed by atoms with E-state index in [0.717, 1.165) is 22.2 Å². The van der Waals surface area contributed by atoms with Crippen molar-refractivity contribution in [2.24, 2.45) is 0 Å². The molecular weight excluding hydrogens is 422 g/mol. The number of hydrogen-bond acceptors (Lipinski definition) is 5. The lowest BCUT2D eigenvalue weighted by molar-refractivity contribution is 0.0652. The highest BCUT2D eigenvalue weighted by atomic mass is 32.2. The summed E-state index contributed by atoms with van der Waals surface area (Å²) in [6, 6.07) is 22.2. The second kappa shape index (κ2) is 8.78. The predicted octanol–water partition coefficient (Wildman–Crippen LogP) is 3.96. The molecule has 4 aromatic rings. The first-order valence-corrected chi connectivity index (χ1v) is 12.0. The number of aromatic nitrogens is 2. The number of benzene rings is 2. The van der Waals surface area contributed by atoms with E-state index in [2.05, 4.69) is 9.97 Å². The Kier molecular flexibility index (Phi) is 5.70. The quantitative estimate of drug-likeness (QED) is 0.475.